The third-order valence-electron chi connectivity index (χ3n) is 6.21. The number of hydrogen-bond acceptors (Lipinski definition) is 9. The van der Waals surface area contributed by atoms with Crippen LogP contribution in [0, 0.1) is 0 Å². The number of rotatable bonds is 6. The number of carbonyl (C=O) groups excluding carboxylic acids is 1. The average Bonchev–Trinajstić information content (AvgIpc) is 3.38. The van der Waals surface area contributed by atoms with Crippen molar-refractivity contribution in [3.8, 4) is 11.5 Å². The monoisotopic (exact) mass is 588 g/mol. The number of para-hydroxylation sites is 1. The highest BCUT2D eigenvalue weighted by Gasteiger charge is 2.50. The van der Waals surface area contributed by atoms with Gasteiger partial charge >= 0.3 is 0 Å². The highest BCUT2D eigenvalue weighted by Crippen LogP contribution is 2.49. The van der Waals surface area contributed by atoms with E-state index >= 15 is 0 Å². The van der Waals surface area contributed by atoms with Crippen LogP contribution in [0.2, 0.25) is 5.02 Å². The Morgan fingerprint density at radius 3 is 2.40 bits per heavy atom. The van der Waals surface area contributed by atoms with Crippen LogP contribution in [0.5, 0.6) is 11.5 Å². The normalized spacial score (nSPS) is 17.2. The van der Waals surface area contributed by atoms with Gasteiger partial charge in [0, 0.05) is 16.7 Å². The maximum atomic E-state index is 13.0. The molecule has 0 bridgehead atoms. The fourth-order valence-electron chi connectivity index (χ4n) is 4.27. The van der Waals surface area contributed by atoms with Gasteiger partial charge in [-0.1, -0.05) is 35.1 Å². The van der Waals surface area contributed by atoms with Gasteiger partial charge in [-0.05, 0) is 66.7 Å². The smallest absolute Gasteiger partial charge is 0.248 e. The summed E-state index contributed by atoms with van der Waals surface area (Å²) in [5.41, 5.74) is 2.79. The molecule has 1 aromatic heterocycles. The first kappa shape index (κ1) is 25.9. The van der Waals surface area contributed by atoms with Crippen molar-refractivity contribution in [2.45, 2.75) is 11.4 Å². The fourth-order valence-corrected chi connectivity index (χ4v) is 5.54. The second-order valence-corrected chi connectivity index (χ2v) is 10.7. The Balaban J connectivity index is 1.33. The lowest BCUT2D eigenvalue weighted by molar-refractivity contribution is -0.123. The molecule has 2 N–H and O–H groups in total. The second-order valence-electron chi connectivity index (χ2n) is 8.81. The standard InChI is InChI=1S/C28H18Cl2N6O3S/c29-15-5-7-16(8-6-15)32-34-20-11-10-18(37)14-22(20)36-26(25(30)27(36)39)19-13-17(9-12-23(19)38)33-35-28-31-21-3-1-2-4-24(21)40-28/h1-14,25-26,37-38H. The molecule has 1 fully saturated rings. The summed E-state index contributed by atoms with van der Waals surface area (Å²) in [4.78, 5) is 18.8. The summed E-state index contributed by atoms with van der Waals surface area (Å²) in [5.74, 6) is -0.565. The number of benzene rings is 4. The zero-order chi connectivity index (χ0) is 27.8. The first-order valence-electron chi connectivity index (χ1n) is 11.9. The summed E-state index contributed by atoms with van der Waals surface area (Å²) in [7, 11) is 0. The van der Waals surface area contributed by atoms with Crippen LogP contribution < -0.4 is 4.90 Å². The largest absolute Gasteiger partial charge is 0.508 e. The van der Waals surface area contributed by atoms with E-state index < -0.39 is 17.3 Å². The van der Waals surface area contributed by atoms with Gasteiger partial charge in [0.25, 0.3) is 0 Å². The zero-order valence-corrected chi connectivity index (χ0v) is 22.7. The van der Waals surface area contributed by atoms with Crippen molar-refractivity contribution in [3.05, 3.63) is 95.5 Å². The predicted octanol–water partition coefficient (Wildman–Crippen LogP) is 8.89. The molecule has 6 rings (SSSR count). The van der Waals surface area contributed by atoms with E-state index in [-0.39, 0.29) is 17.2 Å². The third kappa shape index (κ3) is 5.00. The van der Waals surface area contributed by atoms with E-state index in [1.165, 1.54) is 34.4 Å². The molecule has 2 heterocycles. The molecule has 5 aromatic rings. The molecule has 1 aliphatic heterocycles. The van der Waals surface area contributed by atoms with Crippen LogP contribution in [0.15, 0.2) is 105 Å². The molecule has 0 spiro atoms. The summed E-state index contributed by atoms with van der Waals surface area (Å²) >= 11 is 13.8. The molecule has 12 heteroatoms. The van der Waals surface area contributed by atoms with E-state index in [2.05, 4.69) is 25.4 Å². The number of amides is 1. The number of thiazole rings is 1. The average molecular weight is 589 g/mol. The van der Waals surface area contributed by atoms with Crippen molar-refractivity contribution >= 4 is 78.5 Å². The summed E-state index contributed by atoms with van der Waals surface area (Å²) in [6.07, 6.45) is 0. The van der Waals surface area contributed by atoms with Crippen molar-refractivity contribution in [2.24, 2.45) is 20.5 Å². The van der Waals surface area contributed by atoms with Gasteiger partial charge in [-0.15, -0.1) is 26.9 Å². The van der Waals surface area contributed by atoms with Crippen LogP contribution in [-0.2, 0) is 4.79 Å². The second kappa shape index (κ2) is 10.6. The van der Waals surface area contributed by atoms with Crippen molar-refractivity contribution in [1.82, 2.24) is 4.98 Å². The predicted molar refractivity (Wildman–Crippen MR) is 156 cm³/mol. The summed E-state index contributed by atoms with van der Waals surface area (Å²) in [6.45, 7) is 0. The molecular formula is C28H18Cl2N6O3S. The quantitative estimate of drug-likeness (QED) is 0.117. The maximum absolute atomic E-state index is 13.0. The van der Waals surface area contributed by atoms with Crippen LogP contribution in [0.1, 0.15) is 11.6 Å². The van der Waals surface area contributed by atoms with Crippen LogP contribution >= 0.6 is 34.5 Å². The van der Waals surface area contributed by atoms with E-state index in [4.69, 9.17) is 23.2 Å². The lowest BCUT2D eigenvalue weighted by atomic mass is 9.91. The Labute approximate surface area is 241 Å². The minimum Gasteiger partial charge on any atom is -0.508 e. The molecule has 0 saturated carbocycles. The van der Waals surface area contributed by atoms with Gasteiger partial charge in [0.15, 0.2) is 0 Å². The summed E-state index contributed by atoms with van der Waals surface area (Å²) in [6, 6.07) is 22.8. The summed E-state index contributed by atoms with van der Waals surface area (Å²) < 4.78 is 0.992. The third-order valence-corrected chi connectivity index (χ3v) is 7.81. The Kier molecular flexibility index (Phi) is 6.89. The highest BCUT2D eigenvalue weighted by atomic mass is 35.5. The van der Waals surface area contributed by atoms with E-state index in [0.29, 0.717) is 32.8 Å². The number of anilines is 1. The first-order valence-corrected chi connectivity index (χ1v) is 13.6. The zero-order valence-electron chi connectivity index (χ0n) is 20.4. The number of fused-ring (bicyclic) bond motifs is 1. The van der Waals surface area contributed by atoms with E-state index in [9.17, 15) is 15.0 Å². The number of azo groups is 2. The molecule has 2 atom stereocenters. The molecule has 0 radical (unpaired) electrons. The Hall–Kier alpha value is -4.38. The number of phenols is 2. The molecule has 1 amide bonds. The first-order chi connectivity index (χ1) is 19.4. The molecule has 0 aliphatic carbocycles. The maximum Gasteiger partial charge on any atom is 0.248 e. The van der Waals surface area contributed by atoms with E-state index in [0.717, 1.165) is 10.2 Å². The molecule has 9 nitrogen and oxygen atoms in total. The van der Waals surface area contributed by atoms with Crippen molar-refractivity contribution in [3.63, 3.8) is 0 Å². The van der Waals surface area contributed by atoms with Gasteiger partial charge in [-0.3, -0.25) is 9.69 Å². The fraction of sp³-hybridized carbons (Fsp3) is 0.0714. The number of halogens is 2. The van der Waals surface area contributed by atoms with E-state index in [1.54, 1.807) is 42.5 Å². The number of β-lactam (4-membered cyclic amide) rings is 1. The molecule has 40 heavy (non-hydrogen) atoms. The number of phenolic OH excluding ortho intramolecular Hbond substituents is 2. The number of carbonyl (C=O) groups is 1. The number of alkyl halides is 1. The molecule has 2 unspecified atom stereocenters. The van der Waals surface area contributed by atoms with Crippen LogP contribution in [-0.4, -0.2) is 26.5 Å². The SMILES string of the molecule is O=C1C(Cl)C(c2cc(N=Nc3nc4ccccc4s3)ccc2O)N1c1cc(O)ccc1N=Nc1ccc(Cl)cc1. The van der Waals surface area contributed by atoms with Crippen LogP contribution in [0.4, 0.5) is 27.9 Å². The van der Waals surface area contributed by atoms with Gasteiger partial charge in [-0.25, -0.2) is 4.98 Å². The number of hydrogen-bond donors (Lipinski definition) is 2. The minimum absolute atomic E-state index is 0.0726. The molecule has 1 saturated heterocycles. The van der Waals surface area contributed by atoms with E-state index in [1.807, 2.05) is 24.3 Å². The van der Waals surface area contributed by atoms with Crippen molar-refractivity contribution in [2.75, 3.05) is 4.90 Å². The molecule has 4 aromatic carbocycles. The van der Waals surface area contributed by atoms with Gasteiger partial charge in [0.05, 0.1) is 33.3 Å². The lowest BCUT2D eigenvalue weighted by Crippen LogP contribution is -2.56. The Morgan fingerprint density at radius 2 is 1.60 bits per heavy atom. The lowest BCUT2D eigenvalue weighted by Gasteiger charge is -2.44. The number of aromatic nitrogens is 1. The number of aromatic hydroxyl groups is 2. The Morgan fingerprint density at radius 1 is 0.850 bits per heavy atom. The van der Waals surface area contributed by atoms with Gasteiger partial charge < -0.3 is 10.2 Å². The van der Waals surface area contributed by atoms with Gasteiger partial charge in [-0.2, -0.15) is 5.11 Å². The van der Waals surface area contributed by atoms with Crippen molar-refractivity contribution in [1.29, 1.82) is 0 Å². The summed E-state index contributed by atoms with van der Waals surface area (Å²) in [5, 5.41) is 38.1. The molecule has 1 aliphatic rings. The van der Waals surface area contributed by atoms with Crippen LogP contribution in [0.3, 0.4) is 0 Å². The number of nitrogens with zero attached hydrogens (tertiary/aromatic N) is 6. The molecule has 198 valence electrons. The topological polar surface area (TPSA) is 123 Å². The molecular weight excluding hydrogens is 571 g/mol. The minimum atomic E-state index is -0.967. The van der Waals surface area contributed by atoms with Crippen molar-refractivity contribution < 1.29 is 15.0 Å². The highest BCUT2D eigenvalue weighted by molar-refractivity contribution is 7.21. The van der Waals surface area contributed by atoms with Gasteiger partial charge in [0.2, 0.25) is 11.0 Å². The Bertz CT molecular complexity index is 1780. The van der Waals surface area contributed by atoms with Crippen LogP contribution in [0.25, 0.3) is 10.2 Å². The van der Waals surface area contributed by atoms with Gasteiger partial charge in [0.1, 0.15) is 22.6 Å².